The Morgan fingerprint density at radius 3 is 3.00 bits per heavy atom. The van der Waals surface area contributed by atoms with Crippen LogP contribution in [0.2, 0.25) is 0 Å². The van der Waals surface area contributed by atoms with Crippen LogP contribution in [-0.4, -0.2) is 16.1 Å². The van der Waals surface area contributed by atoms with Gasteiger partial charge in [0, 0.05) is 10.9 Å². The van der Waals surface area contributed by atoms with E-state index in [0.717, 1.165) is 16.5 Å². The van der Waals surface area contributed by atoms with Gasteiger partial charge in [-0.3, -0.25) is 4.79 Å². The fourth-order valence-corrected chi connectivity index (χ4v) is 2.83. The molecule has 1 aliphatic carbocycles. The number of thiazole rings is 1. The van der Waals surface area contributed by atoms with Crippen molar-refractivity contribution >= 4 is 17.3 Å². The maximum atomic E-state index is 10.6. The second-order valence-corrected chi connectivity index (χ2v) is 5.47. The number of rotatable bonds is 4. The molecule has 1 aliphatic rings. The highest BCUT2D eigenvalue weighted by molar-refractivity contribution is 7.13. The molecule has 0 atom stereocenters. The summed E-state index contributed by atoms with van der Waals surface area (Å²) in [5, 5.41) is 11.5. The van der Waals surface area contributed by atoms with Gasteiger partial charge in [-0.05, 0) is 30.4 Å². The quantitative estimate of drug-likeness (QED) is 0.916. The van der Waals surface area contributed by atoms with Crippen LogP contribution in [0.15, 0.2) is 29.6 Å². The van der Waals surface area contributed by atoms with Gasteiger partial charge in [-0.1, -0.05) is 18.2 Å². The van der Waals surface area contributed by atoms with Crippen molar-refractivity contribution in [3.05, 3.63) is 40.9 Å². The molecule has 1 saturated carbocycles. The Morgan fingerprint density at radius 2 is 2.28 bits per heavy atom. The van der Waals surface area contributed by atoms with Crippen LogP contribution in [0.1, 0.15) is 30.0 Å². The molecule has 1 aromatic heterocycles. The van der Waals surface area contributed by atoms with E-state index in [1.54, 1.807) is 0 Å². The molecule has 2 aromatic rings. The van der Waals surface area contributed by atoms with Crippen LogP contribution in [0.25, 0.3) is 10.6 Å². The molecule has 3 rings (SSSR count). The number of carbonyl (C=O) groups is 1. The van der Waals surface area contributed by atoms with Crippen LogP contribution >= 0.6 is 11.3 Å². The fraction of sp³-hybridized carbons (Fsp3) is 0.286. The maximum absolute atomic E-state index is 10.6. The number of hydrogen-bond acceptors (Lipinski definition) is 3. The summed E-state index contributed by atoms with van der Waals surface area (Å²) in [6.07, 6.45) is 2.57. The number of nitrogens with zero attached hydrogens (tertiary/aromatic N) is 1. The van der Waals surface area contributed by atoms with Gasteiger partial charge in [0.1, 0.15) is 5.01 Å². The molecule has 4 heteroatoms. The largest absolute Gasteiger partial charge is 0.481 e. The van der Waals surface area contributed by atoms with Crippen molar-refractivity contribution in [1.82, 2.24) is 4.98 Å². The topological polar surface area (TPSA) is 50.2 Å². The minimum atomic E-state index is -0.835. The third-order valence-electron chi connectivity index (χ3n) is 3.07. The van der Waals surface area contributed by atoms with Crippen molar-refractivity contribution in [2.45, 2.75) is 25.2 Å². The molecule has 1 heterocycles. The summed E-state index contributed by atoms with van der Waals surface area (Å²) < 4.78 is 0. The number of aliphatic carboxylic acids is 1. The summed E-state index contributed by atoms with van der Waals surface area (Å²) in [4.78, 5) is 15.0. The lowest BCUT2D eigenvalue weighted by molar-refractivity contribution is -0.136. The number of benzene rings is 1. The van der Waals surface area contributed by atoms with E-state index in [0.29, 0.717) is 5.69 Å². The summed E-state index contributed by atoms with van der Waals surface area (Å²) in [7, 11) is 0. The Balaban J connectivity index is 1.87. The third kappa shape index (κ3) is 2.43. The molecule has 0 bridgehead atoms. The molecule has 1 N–H and O–H groups in total. The van der Waals surface area contributed by atoms with Crippen molar-refractivity contribution in [2.24, 2.45) is 0 Å². The highest BCUT2D eigenvalue weighted by Gasteiger charge is 2.23. The first kappa shape index (κ1) is 11.4. The average Bonchev–Trinajstić information content (AvgIpc) is 3.10. The van der Waals surface area contributed by atoms with Gasteiger partial charge in [0.15, 0.2) is 0 Å². The van der Waals surface area contributed by atoms with E-state index >= 15 is 0 Å². The molecule has 3 nitrogen and oxygen atoms in total. The number of aromatic nitrogens is 1. The number of carboxylic acids is 1. The average molecular weight is 259 g/mol. The van der Waals surface area contributed by atoms with E-state index < -0.39 is 5.97 Å². The zero-order valence-corrected chi connectivity index (χ0v) is 10.6. The normalized spacial score (nSPS) is 14.7. The molecule has 0 amide bonds. The molecule has 18 heavy (non-hydrogen) atoms. The van der Waals surface area contributed by atoms with Crippen molar-refractivity contribution < 1.29 is 9.90 Å². The van der Waals surface area contributed by atoms with Gasteiger partial charge < -0.3 is 5.11 Å². The minimum absolute atomic E-state index is 0.00117. The van der Waals surface area contributed by atoms with E-state index in [1.807, 2.05) is 11.4 Å². The Hall–Kier alpha value is -1.68. The second kappa shape index (κ2) is 4.53. The molecular formula is C14H13NO2S. The van der Waals surface area contributed by atoms with E-state index in [1.165, 1.54) is 29.7 Å². The minimum Gasteiger partial charge on any atom is -0.481 e. The van der Waals surface area contributed by atoms with Crippen molar-refractivity contribution in [2.75, 3.05) is 0 Å². The first-order valence-electron chi connectivity index (χ1n) is 5.99. The molecular weight excluding hydrogens is 246 g/mol. The molecule has 0 unspecified atom stereocenters. The zero-order valence-electron chi connectivity index (χ0n) is 9.80. The Kier molecular flexibility index (Phi) is 2.88. The van der Waals surface area contributed by atoms with Gasteiger partial charge in [-0.15, -0.1) is 11.3 Å². The van der Waals surface area contributed by atoms with Crippen LogP contribution < -0.4 is 0 Å². The number of carboxylic acid groups (broad SMARTS) is 1. The molecule has 1 fully saturated rings. The van der Waals surface area contributed by atoms with Crippen LogP contribution in [0, 0.1) is 0 Å². The van der Waals surface area contributed by atoms with Gasteiger partial charge in [-0.2, -0.15) is 0 Å². The van der Waals surface area contributed by atoms with Gasteiger partial charge >= 0.3 is 5.97 Å². The summed E-state index contributed by atoms with van der Waals surface area (Å²) in [6, 6.07) is 8.44. The lowest BCUT2D eigenvalue weighted by Gasteiger charge is -2.00. The lowest BCUT2D eigenvalue weighted by atomic mass is 10.1. The van der Waals surface area contributed by atoms with Crippen LogP contribution in [0.3, 0.4) is 0 Å². The van der Waals surface area contributed by atoms with E-state index in [9.17, 15) is 4.79 Å². The summed E-state index contributed by atoms with van der Waals surface area (Å²) in [6.45, 7) is 0. The van der Waals surface area contributed by atoms with Crippen LogP contribution in [0.4, 0.5) is 0 Å². The van der Waals surface area contributed by atoms with Crippen LogP contribution in [-0.2, 0) is 11.2 Å². The molecule has 0 saturated heterocycles. The zero-order chi connectivity index (χ0) is 12.5. The van der Waals surface area contributed by atoms with Gasteiger partial charge in [0.25, 0.3) is 0 Å². The van der Waals surface area contributed by atoms with Gasteiger partial charge in [0.2, 0.25) is 0 Å². The SMILES string of the molecule is O=C(O)Cc1csc(-c2cccc(C3CC3)c2)n1. The van der Waals surface area contributed by atoms with Crippen molar-refractivity contribution in [1.29, 1.82) is 0 Å². The third-order valence-corrected chi connectivity index (χ3v) is 4.01. The van der Waals surface area contributed by atoms with Crippen molar-refractivity contribution in [3.63, 3.8) is 0 Å². The van der Waals surface area contributed by atoms with E-state index in [-0.39, 0.29) is 6.42 Å². The van der Waals surface area contributed by atoms with Gasteiger partial charge in [0.05, 0.1) is 12.1 Å². The number of hydrogen-bond donors (Lipinski definition) is 1. The predicted octanol–water partition coefficient (Wildman–Crippen LogP) is 3.31. The summed E-state index contributed by atoms with van der Waals surface area (Å²) in [5.41, 5.74) is 3.11. The first-order chi connectivity index (χ1) is 8.72. The summed E-state index contributed by atoms with van der Waals surface area (Å²) >= 11 is 1.51. The highest BCUT2D eigenvalue weighted by Crippen LogP contribution is 2.41. The second-order valence-electron chi connectivity index (χ2n) is 4.61. The standard InChI is InChI=1S/C14H13NO2S/c16-13(17)7-12-8-18-14(15-12)11-3-1-2-10(6-11)9-4-5-9/h1-3,6,8-9H,4-5,7H2,(H,16,17). The van der Waals surface area contributed by atoms with E-state index in [4.69, 9.17) is 5.11 Å². The van der Waals surface area contributed by atoms with E-state index in [2.05, 4.69) is 23.2 Å². The van der Waals surface area contributed by atoms with Crippen molar-refractivity contribution in [3.8, 4) is 10.6 Å². The van der Waals surface area contributed by atoms with Crippen LogP contribution in [0.5, 0.6) is 0 Å². The lowest BCUT2D eigenvalue weighted by Crippen LogP contribution is -1.99. The monoisotopic (exact) mass is 259 g/mol. The smallest absolute Gasteiger partial charge is 0.309 e. The molecule has 0 spiro atoms. The predicted molar refractivity (Wildman–Crippen MR) is 70.9 cm³/mol. The molecule has 0 aliphatic heterocycles. The maximum Gasteiger partial charge on any atom is 0.309 e. The molecule has 1 aromatic carbocycles. The Labute approximate surface area is 109 Å². The molecule has 0 radical (unpaired) electrons. The first-order valence-corrected chi connectivity index (χ1v) is 6.87. The Bertz CT molecular complexity index is 587. The van der Waals surface area contributed by atoms with Gasteiger partial charge in [-0.25, -0.2) is 4.98 Å². The highest BCUT2D eigenvalue weighted by atomic mass is 32.1. The molecule has 92 valence electrons. The summed E-state index contributed by atoms with van der Waals surface area (Å²) in [5.74, 6) is -0.109. The fourth-order valence-electron chi connectivity index (χ4n) is 2.02. The Morgan fingerprint density at radius 1 is 1.44 bits per heavy atom.